The molecule has 0 aliphatic carbocycles. The van der Waals surface area contributed by atoms with Gasteiger partial charge in [-0.05, 0) is 47.0 Å². The topological polar surface area (TPSA) is 34.1 Å². The van der Waals surface area contributed by atoms with Gasteiger partial charge in [0.1, 0.15) is 0 Å². The standard InChI is InChI=1S/C15H24O2S/c1-12(2)6-5-7-13(3)8-9-15-14(4)10-11-18(15,16)17/h6,8,10,15H,5,7,9,11H2,1-4H3/b13-8+/i15D. The number of hydrogen-bond acceptors (Lipinski definition) is 2. The first-order valence-corrected chi connectivity index (χ1v) is 8.03. The van der Waals surface area contributed by atoms with Gasteiger partial charge in [0.25, 0.3) is 0 Å². The Morgan fingerprint density at radius 1 is 1.44 bits per heavy atom. The summed E-state index contributed by atoms with van der Waals surface area (Å²) in [7, 11) is -3.35. The van der Waals surface area contributed by atoms with E-state index >= 15 is 0 Å². The SMILES string of the molecule is [2H]C1(C/C=C(\C)CCC=C(C)C)C(C)=CCS1(=O)=O. The minimum atomic E-state index is -3.35. The third-order valence-electron chi connectivity index (χ3n) is 3.15. The molecular weight excluding hydrogens is 244 g/mol. The highest BCUT2D eigenvalue weighted by molar-refractivity contribution is 7.92. The Bertz CT molecular complexity index is 522. The van der Waals surface area contributed by atoms with Crippen LogP contribution in [0.5, 0.6) is 0 Å². The average molecular weight is 269 g/mol. The Morgan fingerprint density at radius 2 is 2.11 bits per heavy atom. The third kappa shape index (κ3) is 4.45. The first-order valence-electron chi connectivity index (χ1n) is 6.87. The molecular formula is C15H24O2S. The van der Waals surface area contributed by atoms with Crippen molar-refractivity contribution in [1.82, 2.24) is 0 Å². The van der Waals surface area contributed by atoms with Crippen LogP contribution in [0.15, 0.2) is 34.9 Å². The fourth-order valence-corrected chi connectivity index (χ4v) is 3.52. The zero-order valence-electron chi connectivity index (χ0n) is 12.8. The van der Waals surface area contributed by atoms with Gasteiger partial charge in [-0.15, -0.1) is 0 Å². The molecule has 1 aliphatic heterocycles. The van der Waals surface area contributed by atoms with Crippen LogP contribution in [-0.2, 0) is 9.84 Å². The lowest BCUT2D eigenvalue weighted by Gasteiger charge is -2.09. The molecule has 18 heavy (non-hydrogen) atoms. The largest absolute Gasteiger partial charge is 0.228 e. The molecule has 0 N–H and O–H groups in total. The molecule has 0 fully saturated rings. The predicted molar refractivity (Wildman–Crippen MR) is 78.4 cm³/mol. The Kier molecular flexibility index (Phi) is 4.81. The van der Waals surface area contributed by atoms with Crippen molar-refractivity contribution in [3.05, 3.63) is 34.9 Å². The van der Waals surface area contributed by atoms with Gasteiger partial charge in [-0.3, -0.25) is 0 Å². The van der Waals surface area contributed by atoms with Crippen LogP contribution in [0.25, 0.3) is 0 Å². The normalized spacial score (nSPS) is 27.7. The molecule has 0 amide bonds. The van der Waals surface area contributed by atoms with E-state index in [4.69, 9.17) is 1.37 Å². The summed E-state index contributed by atoms with van der Waals surface area (Å²) in [5.74, 6) is 0.00693. The molecule has 0 radical (unpaired) electrons. The zero-order valence-corrected chi connectivity index (χ0v) is 12.6. The second-order valence-electron chi connectivity index (χ2n) is 5.17. The van der Waals surface area contributed by atoms with Crippen molar-refractivity contribution in [1.29, 1.82) is 0 Å². The second-order valence-corrected chi connectivity index (χ2v) is 7.22. The van der Waals surface area contributed by atoms with Crippen molar-refractivity contribution in [2.24, 2.45) is 0 Å². The van der Waals surface area contributed by atoms with Crippen LogP contribution in [0.3, 0.4) is 0 Å². The summed E-state index contributed by atoms with van der Waals surface area (Å²) in [6.07, 6.45) is 7.89. The molecule has 0 aromatic carbocycles. The maximum atomic E-state index is 11.9. The zero-order chi connectivity index (χ0) is 14.7. The van der Waals surface area contributed by atoms with Gasteiger partial charge in [-0.2, -0.15) is 0 Å². The average Bonchev–Trinajstić information content (AvgIpc) is 2.50. The van der Waals surface area contributed by atoms with Gasteiger partial charge in [0.2, 0.25) is 0 Å². The molecule has 0 saturated heterocycles. The van der Waals surface area contributed by atoms with E-state index in [9.17, 15) is 8.42 Å². The van der Waals surface area contributed by atoms with Crippen LogP contribution in [0.4, 0.5) is 0 Å². The Labute approximate surface area is 113 Å². The molecule has 1 aliphatic rings. The van der Waals surface area contributed by atoms with E-state index < -0.39 is 15.1 Å². The first-order chi connectivity index (χ1) is 8.69. The van der Waals surface area contributed by atoms with E-state index in [0.29, 0.717) is 5.57 Å². The number of rotatable bonds is 5. The highest BCUT2D eigenvalue weighted by atomic mass is 32.2. The van der Waals surface area contributed by atoms with Gasteiger partial charge in [0.15, 0.2) is 9.84 Å². The molecule has 1 rings (SSSR count). The predicted octanol–water partition coefficient (Wildman–Crippen LogP) is 3.81. The van der Waals surface area contributed by atoms with E-state index in [1.165, 1.54) is 5.57 Å². The maximum Gasteiger partial charge on any atom is 0.160 e. The molecule has 3 heteroatoms. The minimum Gasteiger partial charge on any atom is -0.228 e. The molecule has 0 spiro atoms. The summed E-state index contributed by atoms with van der Waals surface area (Å²) in [5.41, 5.74) is 3.10. The summed E-state index contributed by atoms with van der Waals surface area (Å²) in [5, 5.41) is -1.44. The Balaban J connectivity index is 2.69. The molecule has 1 heterocycles. The van der Waals surface area contributed by atoms with Crippen molar-refractivity contribution in [2.45, 2.75) is 52.2 Å². The summed E-state index contributed by atoms with van der Waals surface area (Å²) in [6.45, 7) is 7.88. The highest BCUT2D eigenvalue weighted by Crippen LogP contribution is 2.24. The van der Waals surface area contributed by atoms with Crippen LogP contribution in [0.1, 0.15) is 48.3 Å². The quantitative estimate of drug-likeness (QED) is 0.711. The molecule has 2 nitrogen and oxygen atoms in total. The van der Waals surface area contributed by atoms with Gasteiger partial charge in [-0.25, -0.2) is 8.42 Å². The smallest absolute Gasteiger partial charge is 0.160 e. The Hall–Kier alpha value is -0.830. The molecule has 102 valence electrons. The van der Waals surface area contributed by atoms with Crippen LogP contribution < -0.4 is 0 Å². The van der Waals surface area contributed by atoms with Crippen molar-refractivity contribution in [3.8, 4) is 0 Å². The van der Waals surface area contributed by atoms with Crippen LogP contribution in [0, 0.1) is 0 Å². The number of allylic oxidation sites excluding steroid dienone is 4. The summed E-state index contributed by atoms with van der Waals surface area (Å²) < 4.78 is 32.1. The van der Waals surface area contributed by atoms with Gasteiger partial charge >= 0.3 is 0 Å². The third-order valence-corrected chi connectivity index (χ3v) is 5.00. The number of hydrogen-bond donors (Lipinski definition) is 0. The van der Waals surface area contributed by atoms with Gasteiger partial charge in [-0.1, -0.05) is 34.9 Å². The van der Waals surface area contributed by atoms with E-state index in [2.05, 4.69) is 19.9 Å². The monoisotopic (exact) mass is 269 g/mol. The lowest BCUT2D eigenvalue weighted by atomic mass is 10.1. The highest BCUT2D eigenvalue weighted by Gasteiger charge is 2.30. The molecule has 0 aromatic heterocycles. The molecule has 0 aromatic rings. The van der Waals surface area contributed by atoms with Crippen molar-refractivity contribution in [3.63, 3.8) is 0 Å². The lowest BCUT2D eigenvalue weighted by molar-refractivity contribution is 0.592. The van der Waals surface area contributed by atoms with Crippen molar-refractivity contribution >= 4 is 9.84 Å². The lowest BCUT2D eigenvalue weighted by Crippen LogP contribution is -2.18. The molecule has 0 saturated carbocycles. The summed E-state index contributed by atoms with van der Waals surface area (Å²) in [4.78, 5) is 0. The van der Waals surface area contributed by atoms with Gasteiger partial charge in [0.05, 0.1) is 12.3 Å². The van der Waals surface area contributed by atoms with Crippen LogP contribution in [-0.4, -0.2) is 19.4 Å². The maximum absolute atomic E-state index is 11.9. The van der Waals surface area contributed by atoms with E-state index in [1.807, 2.05) is 13.0 Å². The molecule has 1 unspecified atom stereocenters. The second kappa shape index (κ2) is 6.37. The van der Waals surface area contributed by atoms with Crippen molar-refractivity contribution in [2.75, 3.05) is 5.75 Å². The summed E-state index contributed by atoms with van der Waals surface area (Å²) in [6, 6.07) is 0. The fourth-order valence-electron chi connectivity index (χ4n) is 1.94. The van der Waals surface area contributed by atoms with E-state index in [1.54, 1.807) is 13.0 Å². The first kappa shape index (κ1) is 13.6. The van der Waals surface area contributed by atoms with Gasteiger partial charge in [0, 0.05) is 0 Å². The van der Waals surface area contributed by atoms with Crippen LogP contribution >= 0.6 is 0 Å². The minimum absolute atomic E-state index is 0.00693. The van der Waals surface area contributed by atoms with Crippen molar-refractivity contribution < 1.29 is 9.79 Å². The fraction of sp³-hybridized carbons (Fsp3) is 0.600. The van der Waals surface area contributed by atoms with Crippen LogP contribution in [0.2, 0.25) is 0 Å². The van der Waals surface area contributed by atoms with E-state index in [0.717, 1.165) is 18.4 Å². The number of sulfone groups is 1. The van der Waals surface area contributed by atoms with E-state index in [-0.39, 0.29) is 12.2 Å². The Morgan fingerprint density at radius 3 is 2.61 bits per heavy atom. The molecule has 1 atom stereocenters. The summed E-state index contributed by atoms with van der Waals surface area (Å²) >= 11 is 0. The molecule has 0 bridgehead atoms. The van der Waals surface area contributed by atoms with Gasteiger partial charge < -0.3 is 0 Å².